The number of anilines is 1. The quantitative estimate of drug-likeness (QED) is 0.316. The van der Waals surface area contributed by atoms with Crippen molar-refractivity contribution in [2.45, 2.75) is 12.1 Å². The van der Waals surface area contributed by atoms with Crippen LogP contribution in [-0.2, 0) is 4.79 Å². The number of benzene rings is 2. The maximum absolute atomic E-state index is 12.2. The Kier molecular flexibility index (Phi) is 6.52. The van der Waals surface area contributed by atoms with Crippen LogP contribution in [0.5, 0.6) is 11.5 Å². The largest absolute Gasteiger partial charge is 0.497 e. The lowest BCUT2D eigenvalue weighted by atomic mass is 10.2. The van der Waals surface area contributed by atoms with E-state index in [-0.39, 0.29) is 17.3 Å². The van der Waals surface area contributed by atoms with Crippen molar-refractivity contribution in [1.29, 1.82) is 0 Å². The van der Waals surface area contributed by atoms with Gasteiger partial charge in [-0.05, 0) is 25.1 Å². The Morgan fingerprint density at radius 1 is 1.20 bits per heavy atom. The molecule has 0 aliphatic rings. The van der Waals surface area contributed by atoms with Gasteiger partial charge in [0, 0.05) is 28.9 Å². The van der Waals surface area contributed by atoms with E-state index in [9.17, 15) is 14.9 Å². The van der Waals surface area contributed by atoms with Gasteiger partial charge < -0.3 is 14.8 Å². The summed E-state index contributed by atoms with van der Waals surface area (Å²) in [6.07, 6.45) is 0. The number of thioether (sulfide) groups is 1. The third-order valence-corrected chi connectivity index (χ3v) is 4.96. The van der Waals surface area contributed by atoms with Gasteiger partial charge in [0.1, 0.15) is 11.5 Å². The number of nitrogens with zero attached hydrogens (tertiary/aromatic N) is 3. The highest BCUT2D eigenvalue weighted by atomic mass is 32.2. The number of hydrogen-bond donors (Lipinski definition) is 2. The van der Waals surface area contributed by atoms with E-state index in [2.05, 4.69) is 20.5 Å². The molecule has 3 rings (SSSR count). The van der Waals surface area contributed by atoms with Crippen molar-refractivity contribution in [3.8, 4) is 22.9 Å². The lowest BCUT2D eigenvalue weighted by Crippen LogP contribution is -2.14. The number of nitro benzene ring substituents is 1. The molecule has 0 saturated heterocycles. The molecule has 0 spiro atoms. The summed E-state index contributed by atoms with van der Waals surface area (Å²) in [5.74, 6) is 1.44. The molecule has 10 nitrogen and oxygen atoms in total. The van der Waals surface area contributed by atoms with Gasteiger partial charge in [0.2, 0.25) is 11.1 Å². The minimum absolute atomic E-state index is 0.0421. The Morgan fingerprint density at radius 3 is 2.53 bits per heavy atom. The minimum atomic E-state index is -0.484. The third kappa shape index (κ3) is 5.06. The van der Waals surface area contributed by atoms with Crippen molar-refractivity contribution in [1.82, 2.24) is 15.2 Å². The summed E-state index contributed by atoms with van der Waals surface area (Å²) in [5, 5.41) is 21.0. The Morgan fingerprint density at radius 2 is 1.90 bits per heavy atom. The van der Waals surface area contributed by atoms with Crippen LogP contribution in [-0.4, -0.2) is 46.0 Å². The van der Waals surface area contributed by atoms with Crippen LogP contribution in [0.15, 0.2) is 41.6 Å². The van der Waals surface area contributed by atoms with Crippen LogP contribution in [0, 0.1) is 17.0 Å². The molecule has 1 aromatic heterocycles. The van der Waals surface area contributed by atoms with Crippen LogP contribution in [0.1, 0.15) is 5.56 Å². The van der Waals surface area contributed by atoms with E-state index in [0.29, 0.717) is 33.7 Å². The van der Waals surface area contributed by atoms with E-state index in [0.717, 1.165) is 17.3 Å². The minimum Gasteiger partial charge on any atom is -0.497 e. The number of nitrogens with one attached hydrogen (secondary N) is 2. The fraction of sp³-hybridized carbons (Fsp3) is 0.211. The second kappa shape index (κ2) is 9.27. The Hall–Kier alpha value is -3.60. The summed E-state index contributed by atoms with van der Waals surface area (Å²) in [5.41, 5.74) is 1.56. The first-order valence-corrected chi connectivity index (χ1v) is 9.71. The van der Waals surface area contributed by atoms with Crippen molar-refractivity contribution in [2.24, 2.45) is 0 Å². The number of methoxy groups -OCH3 is 2. The number of ether oxygens (including phenoxy) is 2. The number of nitro groups is 1. The number of aromatic amines is 1. The lowest BCUT2D eigenvalue weighted by Gasteiger charge is -2.06. The Balaban J connectivity index is 1.64. The third-order valence-electron chi connectivity index (χ3n) is 4.11. The molecular weight excluding hydrogens is 410 g/mol. The zero-order chi connectivity index (χ0) is 21.7. The molecule has 3 aromatic rings. The molecular formula is C19H19N5O5S. The van der Waals surface area contributed by atoms with E-state index in [4.69, 9.17) is 9.47 Å². The van der Waals surface area contributed by atoms with Crippen LogP contribution >= 0.6 is 11.8 Å². The standard InChI is InChI=1S/C19H19N5O5S/c1-11-4-5-13(8-16(11)24(26)27)20-17(25)10-30-19-21-18(22-23-19)12-6-14(28-2)9-15(7-12)29-3/h4-9H,10H2,1-3H3,(H,20,25)(H,21,22,23). The molecule has 1 amide bonds. The molecule has 0 aliphatic heterocycles. The highest BCUT2D eigenvalue weighted by molar-refractivity contribution is 7.99. The molecule has 11 heteroatoms. The van der Waals surface area contributed by atoms with E-state index >= 15 is 0 Å². The molecule has 156 valence electrons. The number of rotatable bonds is 8. The first-order chi connectivity index (χ1) is 14.4. The molecule has 1 heterocycles. The fourth-order valence-corrected chi connectivity index (χ4v) is 3.19. The molecule has 0 saturated carbocycles. The normalized spacial score (nSPS) is 10.5. The molecule has 0 unspecified atom stereocenters. The average Bonchev–Trinajstić information content (AvgIpc) is 3.22. The SMILES string of the molecule is COc1cc(OC)cc(-c2nc(SCC(=O)Nc3ccc(C)c([N+](=O)[O-])c3)n[nH]2)c1. The van der Waals surface area contributed by atoms with Crippen LogP contribution in [0.2, 0.25) is 0 Å². The van der Waals surface area contributed by atoms with E-state index in [1.165, 1.54) is 6.07 Å². The van der Waals surface area contributed by atoms with E-state index in [1.54, 1.807) is 51.5 Å². The van der Waals surface area contributed by atoms with Gasteiger partial charge in [-0.25, -0.2) is 4.98 Å². The van der Waals surface area contributed by atoms with Crippen LogP contribution in [0.4, 0.5) is 11.4 Å². The predicted molar refractivity (Wildman–Crippen MR) is 112 cm³/mol. The van der Waals surface area contributed by atoms with Crippen molar-refractivity contribution in [3.63, 3.8) is 0 Å². The zero-order valence-electron chi connectivity index (χ0n) is 16.5. The van der Waals surface area contributed by atoms with Crippen LogP contribution in [0.25, 0.3) is 11.4 Å². The fourth-order valence-electron chi connectivity index (χ4n) is 2.60. The van der Waals surface area contributed by atoms with Crippen LogP contribution < -0.4 is 14.8 Å². The molecule has 2 N–H and O–H groups in total. The van der Waals surface area contributed by atoms with Crippen molar-refractivity contribution < 1.29 is 19.2 Å². The number of aryl methyl sites for hydroxylation is 1. The van der Waals surface area contributed by atoms with E-state index in [1.807, 2.05) is 0 Å². The number of amides is 1. The Labute approximate surface area is 176 Å². The van der Waals surface area contributed by atoms with Gasteiger partial charge in [-0.2, -0.15) is 0 Å². The van der Waals surface area contributed by atoms with Crippen molar-refractivity contribution in [3.05, 3.63) is 52.1 Å². The van der Waals surface area contributed by atoms with Gasteiger partial charge in [-0.15, -0.1) is 5.10 Å². The van der Waals surface area contributed by atoms with Gasteiger partial charge >= 0.3 is 0 Å². The number of carbonyl (C=O) groups excluding carboxylic acids is 1. The first-order valence-electron chi connectivity index (χ1n) is 8.73. The molecule has 2 aromatic carbocycles. The lowest BCUT2D eigenvalue weighted by molar-refractivity contribution is -0.385. The van der Waals surface area contributed by atoms with Gasteiger partial charge in [-0.1, -0.05) is 17.8 Å². The van der Waals surface area contributed by atoms with Gasteiger partial charge in [0.15, 0.2) is 5.82 Å². The zero-order valence-corrected chi connectivity index (χ0v) is 17.3. The topological polar surface area (TPSA) is 132 Å². The van der Waals surface area contributed by atoms with Crippen molar-refractivity contribution in [2.75, 3.05) is 25.3 Å². The molecule has 0 atom stereocenters. The van der Waals surface area contributed by atoms with Crippen LogP contribution in [0.3, 0.4) is 0 Å². The smallest absolute Gasteiger partial charge is 0.274 e. The highest BCUT2D eigenvalue weighted by Gasteiger charge is 2.14. The molecule has 0 radical (unpaired) electrons. The second-order valence-corrected chi connectivity index (χ2v) is 7.11. The number of hydrogen-bond acceptors (Lipinski definition) is 8. The molecule has 0 fully saturated rings. The maximum Gasteiger partial charge on any atom is 0.274 e. The summed E-state index contributed by atoms with van der Waals surface area (Å²) in [7, 11) is 3.11. The summed E-state index contributed by atoms with van der Waals surface area (Å²) >= 11 is 1.13. The monoisotopic (exact) mass is 429 g/mol. The number of aromatic nitrogens is 3. The molecule has 0 aliphatic carbocycles. The number of H-pyrrole nitrogens is 1. The second-order valence-electron chi connectivity index (χ2n) is 6.16. The molecule has 0 bridgehead atoms. The highest BCUT2D eigenvalue weighted by Crippen LogP contribution is 2.29. The maximum atomic E-state index is 12.2. The van der Waals surface area contributed by atoms with Gasteiger partial charge in [0.05, 0.1) is 24.9 Å². The summed E-state index contributed by atoms with van der Waals surface area (Å²) in [6.45, 7) is 1.64. The summed E-state index contributed by atoms with van der Waals surface area (Å²) in [6, 6.07) is 9.86. The molecule has 30 heavy (non-hydrogen) atoms. The van der Waals surface area contributed by atoms with Gasteiger partial charge in [0.25, 0.3) is 5.69 Å². The Bertz CT molecular complexity index is 1060. The average molecular weight is 429 g/mol. The first kappa shape index (κ1) is 21.1. The van der Waals surface area contributed by atoms with Crippen molar-refractivity contribution >= 4 is 29.0 Å². The predicted octanol–water partition coefficient (Wildman–Crippen LogP) is 3.44. The van der Waals surface area contributed by atoms with E-state index < -0.39 is 4.92 Å². The van der Waals surface area contributed by atoms with Gasteiger partial charge in [-0.3, -0.25) is 20.0 Å². The number of carbonyl (C=O) groups is 1. The summed E-state index contributed by atoms with van der Waals surface area (Å²) in [4.78, 5) is 27.1. The summed E-state index contributed by atoms with van der Waals surface area (Å²) < 4.78 is 10.5.